The molecule has 6 bridgehead atoms. The van der Waals surface area contributed by atoms with Crippen LogP contribution >= 0.6 is 0 Å². The molecular formula is C46H42N8. The van der Waals surface area contributed by atoms with Crippen molar-refractivity contribution in [2.24, 2.45) is 0 Å². The predicted molar refractivity (Wildman–Crippen MR) is 225 cm³/mol. The van der Waals surface area contributed by atoms with Crippen molar-refractivity contribution in [1.82, 2.24) is 15.3 Å². The fourth-order valence-corrected chi connectivity index (χ4v) is 7.50. The molecule has 0 saturated heterocycles. The molecule has 8 heteroatoms. The second-order valence-corrected chi connectivity index (χ2v) is 14.1. The molecule has 2 aliphatic rings. The number of fused-ring (bicyclic) bond motifs is 6. The molecule has 12 N–H and O–H groups in total. The number of hydrogen-bond donors (Lipinski definition) is 8. The first kappa shape index (κ1) is 33.9. The van der Waals surface area contributed by atoms with Gasteiger partial charge in [0.15, 0.2) is 0 Å². The molecule has 0 aliphatic carbocycles. The molecule has 0 saturated carbocycles. The fraction of sp³-hybridized carbons (Fsp3) is 0.0652. The minimum atomic E-state index is -0.656. The van der Waals surface area contributed by atoms with Crippen molar-refractivity contribution in [3.63, 3.8) is 0 Å². The third kappa shape index (κ3) is 6.30. The van der Waals surface area contributed by atoms with Crippen molar-refractivity contribution < 1.29 is 0 Å². The first-order chi connectivity index (χ1) is 26.1. The standard InChI is InChI=1S/C46H42N8/c1-27-3-20-36(51)43(29-6-14-33(48)15-7-29)38-23-24-41(53-38)45(31-10-18-35(50)19-11-31)46(2)26-25-40(54-46)44(30-8-16-34(49)17-9-30)39-22-21-37(52-39)42(27)28-4-12-32(47)13-5-28/h3-26,51-54H,47-50H2,1-2H3/b20-3-,42-27+,43-38-,44-40-,45-41-,51-36?. The maximum Gasteiger partial charge on any atom is 0.0811 e. The minimum absolute atomic E-state index is 0.342. The molecule has 0 radical (unpaired) electrons. The Labute approximate surface area is 314 Å². The van der Waals surface area contributed by atoms with Crippen molar-refractivity contribution in [2.75, 3.05) is 22.9 Å². The van der Waals surface area contributed by atoms with E-state index in [1.165, 1.54) is 0 Å². The van der Waals surface area contributed by atoms with E-state index in [0.29, 0.717) is 28.5 Å². The number of allylic oxidation sites excluding steroid dienone is 4. The minimum Gasteiger partial charge on any atom is -0.399 e. The van der Waals surface area contributed by atoms with Crippen LogP contribution in [0.5, 0.6) is 0 Å². The third-order valence-electron chi connectivity index (χ3n) is 10.2. The van der Waals surface area contributed by atoms with Crippen LogP contribution in [-0.2, 0) is 0 Å². The number of hydrogen-bond acceptors (Lipinski definition) is 6. The van der Waals surface area contributed by atoms with E-state index in [9.17, 15) is 5.41 Å². The van der Waals surface area contributed by atoms with E-state index >= 15 is 0 Å². The van der Waals surface area contributed by atoms with E-state index in [0.717, 1.165) is 77.9 Å². The lowest BCUT2D eigenvalue weighted by molar-refractivity contribution is 0.643. The summed E-state index contributed by atoms with van der Waals surface area (Å²) in [6, 6.07) is 39.8. The molecule has 4 aromatic carbocycles. The fourth-order valence-electron chi connectivity index (χ4n) is 7.50. The highest BCUT2D eigenvalue weighted by Crippen LogP contribution is 2.38. The van der Waals surface area contributed by atoms with Crippen LogP contribution in [0.4, 0.5) is 22.7 Å². The molecule has 54 heavy (non-hydrogen) atoms. The quantitative estimate of drug-likeness (QED) is 0.0935. The number of nitrogens with one attached hydrogen (secondary N) is 4. The normalized spacial score (nSPS) is 22.5. The Kier molecular flexibility index (Phi) is 8.43. The van der Waals surface area contributed by atoms with Crippen LogP contribution in [-0.4, -0.2) is 21.2 Å². The molecule has 0 fully saturated rings. The molecule has 1 unspecified atom stereocenters. The summed E-state index contributed by atoms with van der Waals surface area (Å²) in [7, 11) is 0. The number of anilines is 4. The zero-order chi connectivity index (χ0) is 37.6. The predicted octanol–water partition coefficient (Wildman–Crippen LogP) is 6.86. The Balaban J connectivity index is 1.46. The smallest absolute Gasteiger partial charge is 0.0811 e. The van der Waals surface area contributed by atoms with Gasteiger partial charge in [0.2, 0.25) is 0 Å². The van der Waals surface area contributed by atoms with Gasteiger partial charge >= 0.3 is 0 Å². The van der Waals surface area contributed by atoms with Gasteiger partial charge in [0.1, 0.15) is 0 Å². The van der Waals surface area contributed by atoms with Gasteiger partial charge in [-0.2, -0.15) is 0 Å². The Hall–Kier alpha value is -7.19. The van der Waals surface area contributed by atoms with Gasteiger partial charge in [0, 0.05) is 72.8 Å². The maximum atomic E-state index is 9.52. The van der Waals surface area contributed by atoms with Crippen molar-refractivity contribution in [3.05, 3.63) is 201 Å². The summed E-state index contributed by atoms with van der Waals surface area (Å²) in [6.45, 7) is 4.25. The summed E-state index contributed by atoms with van der Waals surface area (Å²) in [5.41, 5.74) is 38.5. The average molecular weight is 707 g/mol. The summed E-state index contributed by atoms with van der Waals surface area (Å²) in [6.07, 6.45) is 8.23. The number of rotatable bonds is 4. The monoisotopic (exact) mass is 706 g/mol. The molecule has 0 spiro atoms. The molecule has 6 aromatic rings. The molecule has 2 aromatic heterocycles. The lowest BCUT2D eigenvalue weighted by Gasteiger charge is -2.29. The second kappa shape index (κ2) is 13.4. The zero-order valence-electron chi connectivity index (χ0n) is 30.2. The van der Waals surface area contributed by atoms with Gasteiger partial charge in [0.25, 0.3) is 0 Å². The van der Waals surface area contributed by atoms with Crippen LogP contribution in [0, 0.1) is 5.41 Å². The Morgan fingerprint density at radius 1 is 0.481 bits per heavy atom. The van der Waals surface area contributed by atoms with Crippen molar-refractivity contribution in [1.29, 1.82) is 5.41 Å². The van der Waals surface area contributed by atoms with Crippen molar-refractivity contribution in [3.8, 4) is 0 Å². The Morgan fingerprint density at radius 2 is 0.944 bits per heavy atom. The van der Waals surface area contributed by atoms with Crippen molar-refractivity contribution in [2.45, 2.75) is 19.4 Å². The number of aromatic nitrogens is 2. The highest BCUT2D eigenvalue weighted by Gasteiger charge is 2.34. The largest absolute Gasteiger partial charge is 0.399 e. The Bertz CT molecular complexity index is 2660. The second-order valence-electron chi connectivity index (χ2n) is 14.1. The van der Waals surface area contributed by atoms with Gasteiger partial charge in [-0.25, -0.2) is 0 Å². The van der Waals surface area contributed by atoms with Gasteiger partial charge in [-0.05, 0) is 127 Å². The first-order valence-electron chi connectivity index (χ1n) is 17.8. The zero-order valence-corrected chi connectivity index (χ0v) is 30.2. The molecule has 8 nitrogen and oxygen atoms in total. The van der Waals surface area contributed by atoms with E-state index < -0.39 is 5.54 Å². The lowest BCUT2D eigenvalue weighted by Crippen LogP contribution is -2.41. The van der Waals surface area contributed by atoms with Crippen LogP contribution in [0.15, 0.2) is 157 Å². The SMILES string of the molecule is CC1=C(/c2ccc(N)cc2)c2ccc([nH]2)/C(c2ccc(N)cc2)=C2/C=CC(C)(N2)/C(c2ccc(N)cc2)=c2/cc/c([nH]2)=C(\c2ccc(N)cc2)C(=N)/C=C\1. The summed E-state index contributed by atoms with van der Waals surface area (Å²) in [5.74, 6) is 0. The van der Waals surface area contributed by atoms with Crippen LogP contribution < -0.4 is 38.9 Å². The molecule has 8 rings (SSSR count). The number of nitrogens with two attached hydrogens (primary N) is 4. The third-order valence-corrected chi connectivity index (χ3v) is 10.2. The highest BCUT2D eigenvalue weighted by atomic mass is 15.0. The van der Waals surface area contributed by atoms with Gasteiger partial charge in [-0.3, -0.25) is 0 Å². The van der Waals surface area contributed by atoms with Gasteiger partial charge in [-0.1, -0.05) is 60.7 Å². The lowest BCUT2D eigenvalue weighted by atomic mass is 9.87. The number of H-pyrrole nitrogens is 2. The molecular weight excluding hydrogens is 665 g/mol. The van der Waals surface area contributed by atoms with Gasteiger partial charge < -0.3 is 43.6 Å². The van der Waals surface area contributed by atoms with Crippen LogP contribution in [0.3, 0.4) is 0 Å². The van der Waals surface area contributed by atoms with Crippen molar-refractivity contribution >= 4 is 50.8 Å². The topological polar surface area (TPSA) is 172 Å². The van der Waals surface area contributed by atoms with E-state index in [-0.39, 0.29) is 0 Å². The van der Waals surface area contributed by atoms with Crippen LogP contribution in [0.2, 0.25) is 0 Å². The molecule has 266 valence electrons. The summed E-state index contributed by atoms with van der Waals surface area (Å²) < 4.78 is 0. The summed E-state index contributed by atoms with van der Waals surface area (Å²) >= 11 is 0. The van der Waals surface area contributed by atoms with E-state index in [4.69, 9.17) is 22.9 Å². The maximum absolute atomic E-state index is 9.52. The Morgan fingerprint density at radius 3 is 1.50 bits per heavy atom. The number of aromatic amines is 2. The van der Waals surface area contributed by atoms with E-state index in [1.54, 1.807) is 0 Å². The summed E-state index contributed by atoms with van der Waals surface area (Å²) in [5, 5.41) is 15.2. The van der Waals surface area contributed by atoms with Gasteiger partial charge in [-0.15, -0.1) is 0 Å². The first-order valence-corrected chi connectivity index (χ1v) is 17.8. The molecule has 1 atom stereocenters. The number of benzene rings is 4. The van der Waals surface area contributed by atoms with Crippen LogP contribution in [0.1, 0.15) is 47.5 Å². The average Bonchev–Trinajstić information content (AvgIpc) is 3.93. The molecule has 2 aliphatic heterocycles. The van der Waals surface area contributed by atoms with E-state index in [1.807, 2.05) is 91.0 Å². The molecule has 0 amide bonds. The highest BCUT2D eigenvalue weighted by molar-refractivity contribution is 6.27. The van der Waals surface area contributed by atoms with Crippen LogP contribution in [0.25, 0.3) is 22.3 Å². The summed E-state index contributed by atoms with van der Waals surface area (Å²) in [4.78, 5) is 7.50. The number of nitrogen functional groups attached to an aromatic ring is 4. The van der Waals surface area contributed by atoms with E-state index in [2.05, 4.69) is 83.7 Å². The molecule has 4 heterocycles. The van der Waals surface area contributed by atoms with Gasteiger partial charge in [0.05, 0.1) is 11.3 Å².